The molecule has 0 aromatic rings. The Bertz CT molecular complexity index is 312. The van der Waals surface area contributed by atoms with Crippen LogP contribution in [0.1, 0.15) is 149 Å². The third-order valence-electron chi connectivity index (χ3n) is 7.33. The molecule has 0 radical (unpaired) electrons. The molecule has 30 heavy (non-hydrogen) atoms. The molecule has 2 nitrogen and oxygen atoms in total. The number of nitrogens with zero attached hydrogens (tertiary/aromatic N) is 2. The van der Waals surface area contributed by atoms with E-state index >= 15 is 0 Å². The second-order valence-corrected chi connectivity index (χ2v) is 10.1. The van der Waals surface area contributed by atoms with E-state index in [1.165, 1.54) is 155 Å². The molecule has 0 aromatic carbocycles. The summed E-state index contributed by atoms with van der Waals surface area (Å²) in [6.45, 7) is 12.3. The predicted molar refractivity (Wildman–Crippen MR) is 136 cm³/mol. The highest BCUT2D eigenvalue weighted by molar-refractivity contribution is 4.78. The molecule has 1 saturated heterocycles. The van der Waals surface area contributed by atoms with Gasteiger partial charge in [0.2, 0.25) is 0 Å². The molecule has 0 amide bonds. The molecular formula is C28H58N2. The van der Waals surface area contributed by atoms with Crippen LogP contribution in [0.4, 0.5) is 0 Å². The monoisotopic (exact) mass is 422 g/mol. The number of rotatable bonds is 22. The molecule has 2 heteroatoms. The summed E-state index contributed by atoms with van der Waals surface area (Å²) in [5.74, 6) is 0. The van der Waals surface area contributed by atoms with Crippen molar-refractivity contribution in [1.82, 2.24) is 9.80 Å². The Kier molecular flexibility index (Phi) is 19.4. The van der Waals surface area contributed by atoms with Gasteiger partial charge in [-0.15, -0.1) is 0 Å². The minimum Gasteiger partial charge on any atom is -0.287 e. The number of hydrogen-bond acceptors (Lipinski definition) is 2. The fourth-order valence-corrected chi connectivity index (χ4v) is 5.06. The van der Waals surface area contributed by atoms with Gasteiger partial charge in [0.15, 0.2) is 0 Å². The van der Waals surface area contributed by atoms with Crippen LogP contribution in [0.3, 0.4) is 0 Å². The van der Waals surface area contributed by atoms with Crippen LogP contribution in [-0.2, 0) is 0 Å². The minimum atomic E-state index is 0.683. The SMILES string of the molecule is CCCCCCCCCCCCN1CCN(CCCCCCCCCCCC)C1C. The first kappa shape index (κ1) is 28.0. The van der Waals surface area contributed by atoms with E-state index in [2.05, 4.69) is 30.6 Å². The molecule has 0 N–H and O–H groups in total. The van der Waals surface area contributed by atoms with E-state index in [0.717, 1.165) is 0 Å². The molecule has 0 aliphatic carbocycles. The second kappa shape index (κ2) is 20.8. The maximum absolute atomic E-state index is 2.74. The summed E-state index contributed by atoms with van der Waals surface area (Å²) in [4.78, 5) is 5.47. The molecule has 0 aromatic heterocycles. The van der Waals surface area contributed by atoms with Gasteiger partial charge in [0, 0.05) is 13.1 Å². The molecule has 0 unspecified atom stereocenters. The average Bonchev–Trinajstić information content (AvgIpc) is 3.10. The zero-order chi connectivity index (χ0) is 21.7. The van der Waals surface area contributed by atoms with Crippen molar-refractivity contribution in [3.63, 3.8) is 0 Å². The second-order valence-electron chi connectivity index (χ2n) is 10.1. The van der Waals surface area contributed by atoms with E-state index < -0.39 is 0 Å². The van der Waals surface area contributed by atoms with Crippen LogP contribution in [-0.4, -0.2) is 42.1 Å². The van der Waals surface area contributed by atoms with E-state index in [9.17, 15) is 0 Å². The maximum Gasteiger partial charge on any atom is 0.0594 e. The van der Waals surface area contributed by atoms with Gasteiger partial charge in [0.1, 0.15) is 0 Å². The first-order chi connectivity index (χ1) is 14.8. The Hall–Kier alpha value is -0.0800. The van der Waals surface area contributed by atoms with Crippen LogP contribution in [0.15, 0.2) is 0 Å². The minimum absolute atomic E-state index is 0.683. The Labute approximate surface area is 191 Å². The van der Waals surface area contributed by atoms with Gasteiger partial charge in [-0.2, -0.15) is 0 Å². The Balaban J connectivity index is 1.88. The standard InChI is InChI=1S/C28H58N2/c1-4-6-8-10-12-14-16-18-20-22-24-29-26-27-30(28(29)3)25-23-21-19-17-15-13-11-9-7-5-2/h28H,4-27H2,1-3H3. The number of unbranched alkanes of at least 4 members (excludes halogenated alkanes) is 18. The fourth-order valence-electron chi connectivity index (χ4n) is 5.06. The van der Waals surface area contributed by atoms with Crippen LogP contribution in [0.2, 0.25) is 0 Å². The van der Waals surface area contributed by atoms with Crippen molar-refractivity contribution in [3.05, 3.63) is 0 Å². The third-order valence-corrected chi connectivity index (χ3v) is 7.33. The van der Waals surface area contributed by atoms with Gasteiger partial charge in [-0.25, -0.2) is 0 Å². The summed E-state index contributed by atoms with van der Waals surface area (Å²) in [5, 5.41) is 0. The van der Waals surface area contributed by atoms with Gasteiger partial charge < -0.3 is 0 Å². The lowest BCUT2D eigenvalue weighted by Crippen LogP contribution is -2.37. The lowest BCUT2D eigenvalue weighted by Gasteiger charge is -2.27. The Morgan fingerprint density at radius 3 is 1.00 bits per heavy atom. The quantitative estimate of drug-likeness (QED) is 0.161. The molecule has 1 heterocycles. The van der Waals surface area contributed by atoms with Crippen molar-refractivity contribution in [2.75, 3.05) is 26.2 Å². The summed E-state index contributed by atoms with van der Waals surface area (Å²) in [5.41, 5.74) is 0. The predicted octanol–water partition coefficient (Wildman–Crippen LogP) is 8.79. The average molecular weight is 423 g/mol. The largest absolute Gasteiger partial charge is 0.287 e. The van der Waals surface area contributed by atoms with Crippen molar-refractivity contribution in [3.8, 4) is 0 Å². The maximum atomic E-state index is 2.74. The smallest absolute Gasteiger partial charge is 0.0594 e. The van der Waals surface area contributed by atoms with Crippen LogP contribution < -0.4 is 0 Å². The fraction of sp³-hybridized carbons (Fsp3) is 1.00. The van der Waals surface area contributed by atoms with E-state index in [4.69, 9.17) is 0 Å². The van der Waals surface area contributed by atoms with Gasteiger partial charge in [-0.05, 0) is 32.9 Å². The van der Waals surface area contributed by atoms with Gasteiger partial charge in [-0.3, -0.25) is 9.80 Å². The highest BCUT2D eigenvalue weighted by Gasteiger charge is 2.26. The molecule has 180 valence electrons. The van der Waals surface area contributed by atoms with Gasteiger partial charge >= 0.3 is 0 Å². The first-order valence-electron chi connectivity index (χ1n) is 14.3. The normalized spacial score (nSPS) is 16.1. The highest BCUT2D eigenvalue weighted by atomic mass is 15.4. The summed E-state index contributed by atoms with van der Waals surface area (Å²) >= 11 is 0. The van der Waals surface area contributed by atoms with E-state index in [1.807, 2.05) is 0 Å². The summed E-state index contributed by atoms with van der Waals surface area (Å²) in [6, 6.07) is 0. The zero-order valence-electron chi connectivity index (χ0n) is 21.4. The van der Waals surface area contributed by atoms with Crippen LogP contribution in [0.5, 0.6) is 0 Å². The molecule has 1 aliphatic heterocycles. The lowest BCUT2D eigenvalue weighted by molar-refractivity contribution is 0.149. The zero-order valence-corrected chi connectivity index (χ0v) is 21.4. The molecule has 1 aliphatic rings. The van der Waals surface area contributed by atoms with E-state index in [0.29, 0.717) is 6.17 Å². The number of hydrogen-bond donors (Lipinski definition) is 0. The highest BCUT2D eigenvalue weighted by Crippen LogP contribution is 2.18. The molecule has 1 fully saturated rings. The molecule has 0 saturated carbocycles. The molecule has 0 spiro atoms. The summed E-state index contributed by atoms with van der Waals surface area (Å²) < 4.78 is 0. The Morgan fingerprint density at radius 1 is 0.433 bits per heavy atom. The first-order valence-corrected chi connectivity index (χ1v) is 14.3. The summed E-state index contributed by atoms with van der Waals surface area (Å²) in [6.07, 6.45) is 29.6. The van der Waals surface area contributed by atoms with E-state index in [-0.39, 0.29) is 0 Å². The van der Waals surface area contributed by atoms with Gasteiger partial charge in [-0.1, -0.05) is 129 Å². The van der Waals surface area contributed by atoms with Crippen molar-refractivity contribution in [1.29, 1.82) is 0 Å². The van der Waals surface area contributed by atoms with Crippen molar-refractivity contribution in [2.24, 2.45) is 0 Å². The Morgan fingerprint density at radius 2 is 0.700 bits per heavy atom. The topological polar surface area (TPSA) is 6.48 Å². The third kappa shape index (κ3) is 14.8. The summed E-state index contributed by atoms with van der Waals surface area (Å²) in [7, 11) is 0. The van der Waals surface area contributed by atoms with Crippen LogP contribution >= 0.6 is 0 Å². The van der Waals surface area contributed by atoms with Crippen LogP contribution in [0, 0.1) is 0 Å². The molecule has 1 rings (SSSR count). The van der Waals surface area contributed by atoms with Crippen LogP contribution in [0.25, 0.3) is 0 Å². The molecular weight excluding hydrogens is 364 g/mol. The van der Waals surface area contributed by atoms with E-state index in [1.54, 1.807) is 0 Å². The van der Waals surface area contributed by atoms with Gasteiger partial charge in [0.05, 0.1) is 6.17 Å². The van der Waals surface area contributed by atoms with Crippen molar-refractivity contribution >= 4 is 0 Å². The molecule has 0 atom stereocenters. The lowest BCUT2D eigenvalue weighted by atomic mass is 10.1. The van der Waals surface area contributed by atoms with Crippen molar-refractivity contribution in [2.45, 2.75) is 155 Å². The van der Waals surface area contributed by atoms with Crippen molar-refractivity contribution < 1.29 is 0 Å². The van der Waals surface area contributed by atoms with Gasteiger partial charge in [0.25, 0.3) is 0 Å². The molecule has 0 bridgehead atoms.